The molecule has 0 aliphatic carbocycles. The van der Waals surface area contributed by atoms with Crippen molar-refractivity contribution in [3.8, 4) is 0 Å². The lowest BCUT2D eigenvalue weighted by atomic mass is 10.2. The average molecular weight is 319 g/mol. The Morgan fingerprint density at radius 2 is 2.05 bits per heavy atom. The van der Waals surface area contributed by atoms with Crippen LogP contribution in [-0.4, -0.2) is 32.1 Å². The average Bonchev–Trinajstić information content (AvgIpc) is 2.34. The third-order valence-electron chi connectivity index (χ3n) is 1.92. The fourth-order valence-electron chi connectivity index (χ4n) is 1.13. The second-order valence-electron chi connectivity index (χ2n) is 3.58. The van der Waals surface area contributed by atoms with Gasteiger partial charge in [-0.1, -0.05) is 23.7 Å². The molecule has 0 fully saturated rings. The highest BCUT2D eigenvalue weighted by molar-refractivity contribution is 7.93. The first-order valence-corrected chi connectivity index (χ1v) is 7.17. The normalized spacial score (nSPS) is 11.2. The van der Waals surface area contributed by atoms with Crippen LogP contribution in [0.4, 0.5) is 4.79 Å². The van der Waals surface area contributed by atoms with Crippen LogP contribution in [0.25, 0.3) is 6.08 Å². The number of nitrogens with one attached hydrogen (secondary N) is 2. The summed E-state index contributed by atoms with van der Waals surface area (Å²) in [6.45, 7) is -0.681. The Balaban J connectivity index is 2.65. The van der Waals surface area contributed by atoms with Crippen molar-refractivity contribution in [2.45, 2.75) is 0 Å². The van der Waals surface area contributed by atoms with E-state index in [1.54, 1.807) is 22.9 Å². The molecular weight excluding hydrogens is 308 g/mol. The molecule has 0 saturated carbocycles. The van der Waals surface area contributed by atoms with E-state index in [2.05, 4.69) is 0 Å². The predicted octanol–water partition coefficient (Wildman–Crippen LogP) is 1.02. The van der Waals surface area contributed by atoms with Crippen molar-refractivity contribution in [2.75, 3.05) is 6.54 Å². The van der Waals surface area contributed by atoms with Crippen LogP contribution < -0.4 is 10.0 Å². The molecule has 0 saturated heterocycles. The van der Waals surface area contributed by atoms with Gasteiger partial charge in [0.2, 0.25) is 0 Å². The summed E-state index contributed by atoms with van der Waals surface area (Å²) in [4.78, 5) is 21.3. The number of hydrogen-bond acceptors (Lipinski definition) is 4. The maximum atomic E-state index is 11.5. The number of rotatable bonds is 5. The van der Waals surface area contributed by atoms with E-state index in [-0.39, 0.29) is 0 Å². The van der Waals surface area contributed by atoms with Crippen LogP contribution in [0.1, 0.15) is 5.56 Å². The van der Waals surface area contributed by atoms with Crippen molar-refractivity contribution in [3.63, 3.8) is 0 Å². The second-order valence-corrected chi connectivity index (χ2v) is 5.58. The Bertz CT molecular complexity index is 642. The minimum absolute atomic E-state index is 0.441. The summed E-state index contributed by atoms with van der Waals surface area (Å²) >= 11 is 5.73. The summed E-state index contributed by atoms with van der Waals surface area (Å²) in [6, 6.07) is 5.32. The molecule has 2 amide bonds. The molecule has 1 aromatic rings. The van der Waals surface area contributed by atoms with Crippen LogP contribution in [0, 0.1) is 0 Å². The van der Waals surface area contributed by atoms with Gasteiger partial charge in [-0.05, 0) is 23.8 Å². The topological polar surface area (TPSA) is 113 Å². The summed E-state index contributed by atoms with van der Waals surface area (Å²) in [5, 5.41) is 11.4. The molecule has 3 N–H and O–H groups in total. The smallest absolute Gasteiger partial charge is 0.329 e. The number of carboxylic acids is 1. The van der Waals surface area contributed by atoms with E-state index in [1.165, 1.54) is 12.1 Å². The zero-order chi connectivity index (χ0) is 15.2. The number of aliphatic carboxylic acids is 1. The summed E-state index contributed by atoms with van der Waals surface area (Å²) in [5.41, 5.74) is 0.536. The van der Waals surface area contributed by atoms with E-state index in [1.807, 2.05) is 5.32 Å². The summed E-state index contributed by atoms with van der Waals surface area (Å²) in [7, 11) is -4.02. The molecule has 0 heterocycles. The Morgan fingerprint density at radius 1 is 1.35 bits per heavy atom. The molecule has 0 aliphatic rings. The summed E-state index contributed by atoms with van der Waals surface area (Å²) in [6.07, 6.45) is 1.25. The van der Waals surface area contributed by atoms with Gasteiger partial charge in [0, 0.05) is 5.02 Å². The number of benzene rings is 1. The van der Waals surface area contributed by atoms with E-state index < -0.39 is 28.6 Å². The number of carbonyl (C=O) groups is 2. The third-order valence-corrected chi connectivity index (χ3v) is 3.12. The highest BCUT2D eigenvalue weighted by atomic mass is 35.5. The van der Waals surface area contributed by atoms with Crippen molar-refractivity contribution in [2.24, 2.45) is 0 Å². The van der Waals surface area contributed by atoms with E-state index in [4.69, 9.17) is 16.7 Å². The van der Waals surface area contributed by atoms with Crippen LogP contribution in [-0.2, 0) is 14.8 Å². The maximum absolute atomic E-state index is 11.5. The standard InChI is InChI=1S/C11H11ClN2O5S/c12-9-3-1-2-8(6-9)4-5-20(18,19)14-11(17)13-7-10(15)16/h1-6H,7H2,(H,15,16)(H2,13,14,17)/b5-4+. The molecule has 108 valence electrons. The first-order chi connectivity index (χ1) is 9.28. The minimum Gasteiger partial charge on any atom is -0.480 e. The van der Waals surface area contributed by atoms with Crippen LogP contribution in [0.5, 0.6) is 0 Å². The molecule has 0 atom stereocenters. The first kappa shape index (κ1) is 16.0. The van der Waals surface area contributed by atoms with E-state index in [0.29, 0.717) is 10.6 Å². The molecule has 0 radical (unpaired) electrons. The second kappa shape index (κ2) is 6.92. The van der Waals surface area contributed by atoms with Gasteiger partial charge in [-0.15, -0.1) is 0 Å². The Morgan fingerprint density at radius 3 is 2.65 bits per heavy atom. The number of amides is 2. The zero-order valence-corrected chi connectivity index (χ0v) is 11.6. The molecule has 0 aromatic heterocycles. The Kier molecular flexibility index (Phi) is 5.53. The molecule has 1 aromatic carbocycles. The van der Waals surface area contributed by atoms with Crippen molar-refractivity contribution in [1.29, 1.82) is 0 Å². The molecule has 0 bridgehead atoms. The lowest BCUT2D eigenvalue weighted by Gasteiger charge is -2.03. The van der Waals surface area contributed by atoms with Crippen LogP contribution in [0.3, 0.4) is 0 Å². The van der Waals surface area contributed by atoms with Gasteiger partial charge in [-0.2, -0.15) is 0 Å². The van der Waals surface area contributed by atoms with E-state index in [9.17, 15) is 18.0 Å². The van der Waals surface area contributed by atoms with Gasteiger partial charge >= 0.3 is 12.0 Å². The SMILES string of the molecule is O=C(O)CNC(=O)NS(=O)(=O)/C=C/c1cccc(Cl)c1. The molecule has 9 heteroatoms. The number of carboxylic acid groups (broad SMARTS) is 1. The van der Waals surface area contributed by atoms with Gasteiger partial charge in [-0.3, -0.25) is 4.79 Å². The van der Waals surface area contributed by atoms with Crippen LogP contribution in [0.2, 0.25) is 5.02 Å². The van der Waals surface area contributed by atoms with Gasteiger partial charge in [0.25, 0.3) is 10.0 Å². The summed E-state index contributed by atoms with van der Waals surface area (Å²) in [5.74, 6) is -1.29. The lowest BCUT2D eigenvalue weighted by Crippen LogP contribution is -2.40. The number of halogens is 1. The van der Waals surface area contributed by atoms with Crippen molar-refractivity contribution < 1.29 is 23.1 Å². The predicted molar refractivity (Wildman–Crippen MR) is 73.6 cm³/mol. The van der Waals surface area contributed by atoms with Gasteiger partial charge in [0.15, 0.2) is 0 Å². The maximum Gasteiger partial charge on any atom is 0.329 e. The van der Waals surface area contributed by atoms with E-state index >= 15 is 0 Å². The molecule has 7 nitrogen and oxygen atoms in total. The number of hydrogen-bond donors (Lipinski definition) is 3. The van der Waals surface area contributed by atoms with E-state index in [0.717, 1.165) is 5.41 Å². The van der Waals surface area contributed by atoms with Gasteiger partial charge < -0.3 is 10.4 Å². The fraction of sp³-hybridized carbons (Fsp3) is 0.0909. The fourth-order valence-corrected chi connectivity index (χ4v) is 2.07. The lowest BCUT2D eigenvalue weighted by molar-refractivity contribution is -0.135. The third kappa shape index (κ3) is 6.21. The molecular formula is C11H11ClN2O5S. The highest BCUT2D eigenvalue weighted by Gasteiger charge is 2.11. The van der Waals surface area contributed by atoms with Crippen molar-refractivity contribution in [3.05, 3.63) is 40.3 Å². The number of urea groups is 1. The van der Waals surface area contributed by atoms with Gasteiger partial charge in [-0.25, -0.2) is 17.9 Å². The Labute approximate surface area is 120 Å². The molecule has 20 heavy (non-hydrogen) atoms. The largest absolute Gasteiger partial charge is 0.480 e. The summed E-state index contributed by atoms with van der Waals surface area (Å²) < 4.78 is 24.6. The quantitative estimate of drug-likeness (QED) is 0.750. The number of sulfonamides is 1. The molecule has 0 unspecified atom stereocenters. The first-order valence-electron chi connectivity index (χ1n) is 5.24. The van der Waals surface area contributed by atoms with Crippen molar-refractivity contribution in [1.82, 2.24) is 10.0 Å². The highest BCUT2D eigenvalue weighted by Crippen LogP contribution is 2.12. The molecule has 0 aliphatic heterocycles. The number of carbonyl (C=O) groups excluding carboxylic acids is 1. The van der Waals surface area contributed by atoms with Crippen LogP contribution in [0.15, 0.2) is 29.7 Å². The van der Waals surface area contributed by atoms with Gasteiger partial charge in [0.05, 0.1) is 5.41 Å². The molecule has 1 rings (SSSR count). The molecule has 0 spiro atoms. The zero-order valence-electron chi connectivity index (χ0n) is 10.0. The Hall–Kier alpha value is -2.06. The van der Waals surface area contributed by atoms with Crippen molar-refractivity contribution >= 4 is 39.7 Å². The van der Waals surface area contributed by atoms with Gasteiger partial charge in [0.1, 0.15) is 6.54 Å². The minimum atomic E-state index is -4.02. The monoisotopic (exact) mass is 318 g/mol. The van der Waals surface area contributed by atoms with Crippen LogP contribution >= 0.6 is 11.6 Å².